The first-order valence-electron chi connectivity index (χ1n) is 4.47. The van der Waals surface area contributed by atoms with Gasteiger partial charge < -0.3 is 4.74 Å². The first-order valence-corrected chi connectivity index (χ1v) is 4.47. The third kappa shape index (κ3) is 0.839. The van der Waals surface area contributed by atoms with Gasteiger partial charge in [0.2, 0.25) is 0 Å². The number of likely N-dealkylation sites (N-methyl/N-ethyl adjacent to an activating group) is 1. The molecule has 2 unspecified atom stereocenters. The van der Waals surface area contributed by atoms with Crippen LogP contribution in [0, 0.1) is 0 Å². The van der Waals surface area contributed by atoms with Crippen molar-refractivity contribution < 1.29 is 14.3 Å². The molecule has 4 nitrogen and oxygen atoms in total. The van der Waals surface area contributed by atoms with Crippen molar-refractivity contribution >= 4 is 11.8 Å². The van der Waals surface area contributed by atoms with Crippen LogP contribution in [0.1, 0.15) is 19.3 Å². The van der Waals surface area contributed by atoms with Crippen molar-refractivity contribution in [1.29, 1.82) is 0 Å². The number of carbonyl (C=O) groups is 2. The second kappa shape index (κ2) is 2.54. The van der Waals surface area contributed by atoms with Gasteiger partial charge >= 0.3 is 5.97 Å². The minimum absolute atomic E-state index is 0.0260. The van der Waals surface area contributed by atoms with Crippen molar-refractivity contribution in [3.8, 4) is 0 Å². The minimum Gasteiger partial charge on any atom is -0.467 e. The molecule has 2 rings (SSSR count). The van der Waals surface area contributed by atoms with Crippen LogP contribution in [0.3, 0.4) is 0 Å². The fourth-order valence-corrected chi connectivity index (χ4v) is 2.54. The molecule has 0 aromatic carbocycles. The van der Waals surface area contributed by atoms with Crippen LogP contribution in [0.15, 0.2) is 0 Å². The summed E-state index contributed by atoms with van der Waals surface area (Å²) in [5, 5.41) is 0. The number of fused-ring (bicyclic) bond motifs is 2. The summed E-state index contributed by atoms with van der Waals surface area (Å²) in [7, 11) is 3.17. The van der Waals surface area contributed by atoms with E-state index in [9.17, 15) is 9.59 Å². The lowest BCUT2D eigenvalue weighted by Crippen LogP contribution is -2.51. The lowest BCUT2D eigenvalue weighted by Gasteiger charge is -2.26. The molecule has 2 bridgehead atoms. The predicted molar refractivity (Wildman–Crippen MR) is 45.2 cm³/mol. The predicted octanol–water partition coefficient (Wildman–Crippen LogP) is -0.0348. The largest absolute Gasteiger partial charge is 0.467 e. The number of Topliss-reactive ketones (excluding diaryl/α,β-unsaturated/α-hetero) is 1. The Balaban J connectivity index is 2.38. The normalized spacial score (nSPS) is 38.3. The molecular weight excluding hydrogens is 170 g/mol. The summed E-state index contributed by atoms with van der Waals surface area (Å²) in [4.78, 5) is 25.0. The molecule has 0 spiro atoms. The number of ketones is 1. The number of hydrogen-bond donors (Lipinski definition) is 0. The van der Waals surface area contributed by atoms with Crippen LogP contribution in [0.2, 0.25) is 0 Å². The molecule has 2 heterocycles. The number of nitrogens with zero attached hydrogens (tertiary/aromatic N) is 1. The van der Waals surface area contributed by atoms with Gasteiger partial charge in [-0.3, -0.25) is 9.69 Å². The molecule has 2 saturated heterocycles. The van der Waals surface area contributed by atoms with Gasteiger partial charge in [0.1, 0.15) is 0 Å². The van der Waals surface area contributed by atoms with E-state index in [1.165, 1.54) is 7.11 Å². The molecule has 0 radical (unpaired) electrons. The van der Waals surface area contributed by atoms with Gasteiger partial charge in [0, 0.05) is 12.5 Å². The Morgan fingerprint density at radius 2 is 2.38 bits per heavy atom. The van der Waals surface area contributed by atoms with E-state index >= 15 is 0 Å². The molecule has 2 aliphatic rings. The van der Waals surface area contributed by atoms with Crippen LogP contribution in [0.4, 0.5) is 0 Å². The van der Waals surface area contributed by atoms with Crippen molar-refractivity contribution in [1.82, 2.24) is 4.90 Å². The lowest BCUT2D eigenvalue weighted by molar-refractivity contribution is -0.155. The average Bonchev–Trinajstić information content (AvgIpc) is 2.56. The van der Waals surface area contributed by atoms with Gasteiger partial charge in [-0.25, -0.2) is 4.79 Å². The Morgan fingerprint density at radius 1 is 1.69 bits per heavy atom. The standard InChI is InChI=1S/C9H13NO3/c1-10-6-3-4-9(10,7(11)5-6)8(12)13-2/h6H,3-5H2,1-2H3. The van der Waals surface area contributed by atoms with Crippen LogP contribution < -0.4 is 0 Å². The molecule has 72 valence electrons. The minimum atomic E-state index is -0.931. The Hall–Kier alpha value is -0.900. The number of carbonyl (C=O) groups excluding carboxylic acids is 2. The first kappa shape index (κ1) is 8.69. The van der Waals surface area contributed by atoms with Crippen LogP contribution in [-0.4, -0.2) is 42.4 Å². The SMILES string of the molecule is COC(=O)C12CCC(CC1=O)N2C. The van der Waals surface area contributed by atoms with Gasteiger partial charge in [-0.2, -0.15) is 0 Å². The second-order valence-corrected chi connectivity index (χ2v) is 3.78. The fourth-order valence-electron chi connectivity index (χ4n) is 2.54. The third-order valence-electron chi connectivity index (χ3n) is 3.39. The lowest BCUT2D eigenvalue weighted by atomic mass is 9.86. The number of rotatable bonds is 1. The maximum atomic E-state index is 11.6. The Kier molecular flexibility index (Phi) is 1.70. The summed E-state index contributed by atoms with van der Waals surface area (Å²) in [5.41, 5.74) is -0.931. The van der Waals surface area contributed by atoms with E-state index in [0.29, 0.717) is 12.8 Å². The first-order chi connectivity index (χ1) is 6.13. The van der Waals surface area contributed by atoms with E-state index in [4.69, 9.17) is 4.74 Å². The molecule has 2 aliphatic heterocycles. The second-order valence-electron chi connectivity index (χ2n) is 3.78. The molecule has 2 fully saturated rings. The Morgan fingerprint density at radius 3 is 2.77 bits per heavy atom. The topological polar surface area (TPSA) is 46.6 Å². The van der Waals surface area contributed by atoms with Crippen LogP contribution >= 0.6 is 0 Å². The molecular formula is C9H13NO3. The smallest absolute Gasteiger partial charge is 0.334 e. The van der Waals surface area contributed by atoms with Crippen molar-refractivity contribution in [2.45, 2.75) is 30.8 Å². The molecule has 0 aromatic rings. The molecule has 0 amide bonds. The summed E-state index contributed by atoms with van der Waals surface area (Å²) in [6, 6.07) is 0.256. The monoisotopic (exact) mass is 183 g/mol. The molecule has 0 aliphatic carbocycles. The average molecular weight is 183 g/mol. The molecule has 0 saturated carbocycles. The summed E-state index contributed by atoms with van der Waals surface area (Å²) >= 11 is 0. The van der Waals surface area contributed by atoms with E-state index in [1.807, 2.05) is 11.9 Å². The van der Waals surface area contributed by atoms with E-state index in [-0.39, 0.29) is 17.8 Å². The quantitative estimate of drug-likeness (QED) is 0.423. The van der Waals surface area contributed by atoms with E-state index in [1.54, 1.807) is 0 Å². The summed E-state index contributed by atoms with van der Waals surface area (Å²) in [5.74, 6) is -0.363. The van der Waals surface area contributed by atoms with E-state index in [2.05, 4.69) is 0 Å². The highest BCUT2D eigenvalue weighted by Crippen LogP contribution is 2.43. The van der Waals surface area contributed by atoms with Crippen LogP contribution in [-0.2, 0) is 14.3 Å². The molecule has 4 heteroatoms. The van der Waals surface area contributed by atoms with E-state index < -0.39 is 5.54 Å². The Bertz CT molecular complexity index is 276. The highest BCUT2D eigenvalue weighted by molar-refractivity contribution is 6.11. The number of methoxy groups -OCH3 is 1. The molecule has 2 atom stereocenters. The van der Waals surface area contributed by atoms with Crippen LogP contribution in [0.25, 0.3) is 0 Å². The van der Waals surface area contributed by atoms with Gasteiger partial charge in [-0.15, -0.1) is 0 Å². The summed E-state index contributed by atoms with van der Waals surface area (Å²) < 4.78 is 4.69. The molecule has 13 heavy (non-hydrogen) atoms. The maximum Gasteiger partial charge on any atom is 0.334 e. The van der Waals surface area contributed by atoms with Gasteiger partial charge in [-0.05, 0) is 19.9 Å². The fraction of sp³-hybridized carbons (Fsp3) is 0.778. The van der Waals surface area contributed by atoms with Gasteiger partial charge in [0.25, 0.3) is 0 Å². The van der Waals surface area contributed by atoms with Crippen molar-refractivity contribution in [3.63, 3.8) is 0 Å². The van der Waals surface area contributed by atoms with Gasteiger partial charge in [0.15, 0.2) is 11.3 Å². The number of ether oxygens (including phenoxy) is 1. The third-order valence-corrected chi connectivity index (χ3v) is 3.39. The zero-order chi connectivity index (χ0) is 9.64. The molecule has 0 aromatic heterocycles. The molecule has 0 N–H and O–H groups in total. The number of esters is 1. The zero-order valence-corrected chi connectivity index (χ0v) is 7.87. The Labute approximate surface area is 76.8 Å². The summed E-state index contributed by atoms with van der Waals surface area (Å²) in [6.45, 7) is 0. The number of hydrogen-bond acceptors (Lipinski definition) is 4. The maximum absolute atomic E-state index is 11.6. The van der Waals surface area contributed by atoms with Crippen molar-refractivity contribution in [2.75, 3.05) is 14.2 Å². The van der Waals surface area contributed by atoms with Gasteiger partial charge in [-0.1, -0.05) is 0 Å². The van der Waals surface area contributed by atoms with Gasteiger partial charge in [0.05, 0.1) is 7.11 Å². The highest BCUT2D eigenvalue weighted by atomic mass is 16.5. The zero-order valence-electron chi connectivity index (χ0n) is 7.87. The van der Waals surface area contributed by atoms with Crippen molar-refractivity contribution in [2.24, 2.45) is 0 Å². The van der Waals surface area contributed by atoms with Crippen LogP contribution in [0.5, 0.6) is 0 Å². The summed E-state index contributed by atoms with van der Waals surface area (Å²) in [6.07, 6.45) is 2.06. The van der Waals surface area contributed by atoms with E-state index in [0.717, 1.165) is 6.42 Å². The highest BCUT2D eigenvalue weighted by Gasteiger charge is 2.61. The van der Waals surface area contributed by atoms with Crippen molar-refractivity contribution in [3.05, 3.63) is 0 Å².